The van der Waals surface area contributed by atoms with E-state index in [1.165, 1.54) is 0 Å². The van der Waals surface area contributed by atoms with Crippen LogP contribution >= 0.6 is 0 Å². The Morgan fingerprint density at radius 2 is 0.588 bits per heavy atom. The van der Waals surface area contributed by atoms with Gasteiger partial charge in [0.25, 0.3) is 0 Å². The minimum atomic E-state index is -0.550. The highest BCUT2D eigenvalue weighted by molar-refractivity contribution is 6.14. The molecule has 11 nitrogen and oxygen atoms in total. The van der Waals surface area contributed by atoms with Gasteiger partial charge in [-0.2, -0.15) is 0 Å². The third kappa shape index (κ3) is 4.60. The molecule has 0 fully saturated rings. The van der Waals surface area contributed by atoms with Crippen molar-refractivity contribution in [2.75, 3.05) is 0 Å². The zero-order chi connectivity index (χ0) is 34.1. The number of H-pyrrole nitrogens is 2. The lowest BCUT2D eigenvalue weighted by molar-refractivity contribution is 0.0443. The first-order chi connectivity index (χ1) is 25.1. The van der Waals surface area contributed by atoms with Crippen molar-refractivity contribution < 1.29 is 14.3 Å². The molecule has 11 rings (SSSR count). The van der Waals surface area contributed by atoms with Gasteiger partial charge in [0.05, 0.1) is 11.1 Å². The highest BCUT2D eigenvalue weighted by Crippen LogP contribution is 2.36. The van der Waals surface area contributed by atoms with Crippen LogP contribution in [0.4, 0.5) is 0 Å². The smallest absolute Gasteiger partial charge is 0.346 e. The third-order valence-electron chi connectivity index (χ3n) is 9.01. The van der Waals surface area contributed by atoms with Gasteiger partial charge in [-0.3, -0.25) is 0 Å². The lowest BCUT2D eigenvalue weighted by Gasteiger charge is -1.96. The van der Waals surface area contributed by atoms with Gasteiger partial charge in [-0.25, -0.2) is 39.5 Å². The predicted molar refractivity (Wildman–Crippen MR) is 192 cm³/mol. The number of nitrogens with zero attached hydrogens (tertiary/aromatic N) is 6. The number of carbonyl (C=O) groups excluding carboxylic acids is 2. The summed E-state index contributed by atoms with van der Waals surface area (Å²) in [5, 5.41) is 3.82. The molecule has 2 N–H and O–H groups in total. The van der Waals surface area contributed by atoms with Crippen LogP contribution in [0.15, 0.2) is 121 Å². The van der Waals surface area contributed by atoms with Crippen LogP contribution in [-0.2, 0) is 4.74 Å². The number of hydrogen-bond acceptors (Lipinski definition) is 9. The van der Waals surface area contributed by atoms with Gasteiger partial charge < -0.3 is 14.7 Å². The number of nitrogens with one attached hydrogen (secondary N) is 2. The summed E-state index contributed by atoms with van der Waals surface area (Å²) in [7, 11) is 0. The summed E-state index contributed by atoms with van der Waals surface area (Å²) in [5.41, 5.74) is 7.17. The summed E-state index contributed by atoms with van der Waals surface area (Å²) in [4.78, 5) is 58.4. The van der Waals surface area contributed by atoms with E-state index in [1.54, 1.807) is 24.3 Å². The first kappa shape index (κ1) is 28.6. The van der Waals surface area contributed by atoms with E-state index in [1.807, 2.05) is 97.1 Å². The number of aromatic amines is 2. The Morgan fingerprint density at radius 1 is 0.333 bits per heavy atom. The summed E-state index contributed by atoms with van der Waals surface area (Å²) in [6.07, 6.45) is 0. The van der Waals surface area contributed by atoms with E-state index in [0.29, 0.717) is 57.0 Å². The summed E-state index contributed by atoms with van der Waals surface area (Å²) in [6, 6.07) is 38.8. The first-order valence-electron chi connectivity index (χ1n) is 16.1. The van der Waals surface area contributed by atoms with Crippen molar-refractivity contribution in [1.29, 1.82) is 0 Å². The molecule has 0 saturated carbocycles. The van der Waals surface area contributed by atoms with Gasteiger partial charge in [0.15, 0.2) is 23.3 Å². The van der Waals surface area contributed by atoms with Crippen LogP contribution in [0.2, 0.25) is 0 Å². The molecule has 3 aliphatic rings. The maximum atomic E-state index is 10.8. The van der Waals surface area contributed by atoms with Crippen molar-refractivity contribution >= 4 is 56.1 Å². The number of benzene rings is 5. The molecule has 0 spiro atoms. The molecule has 0 radical (unpaired) electrons. The van der Waals surface area contributed by atoms with Gasteiger partial charge in [0.2, 0.25) is 0 Å². The first-order valence-corrected chi connectivity index (χ1v) is 16.1. The van der Waals surface area contributed by atoms with E-state index in [-0.39, 0.29) is 0 Å². The second kappa shape index (κ2) is 11.1. The topological polar surface area (TPSA) is 152 Å². The second-order valence-corrected chi connectivity index (χ2v) is 12.0. The highest BCUT2D eigenvalue weighted by atomic mass is 16.6. The number of rotatable bonds is 0. The fourth-order valence-corrected chi connectivity index (χ4v) is 6.62. The Balaban J connectivity index is 0.000000254. The fourth-order valence-electron chi connectivity index (χ4n) is 6.62. The van der Waals surface area contributed by atoms with Crippen molar-refractivity contribution in [3.05, 3.63) is 132 Å². The van der Waals surface area contributed by atoms with Crippen LogP contribution in [-0.4, -0.2) is 51.8 Å². The van der Waals surface area contributed by atoms with E-state index < -0.39 is 11.9 Å². The van der Waals surface area contributed by atoms with E-state index in [4.69, 9.17) is 29.9 Å². The van der Waals surface area contributed by atoms with Crippen molar-refractivity contribution in [3.63, 3.8) is 0 Å². The largest absolute Gasteiger partial charge is 0.386 e. The van der Waals surface area contributed by atoms with Gasteiger partial charge >= 0.3 is 11.9 Å². The maximum absolute atomic E-state index is 10.8. The number of ether oxygens (including phenoxy) is 1. The van der Waals surface area contributed by atoms with Crippen LogP contribution in [0.1, 0.15) is 20.7 Å². The molecule has 240 valence electrons. The maximum Gasteiger partial charge on any atom is 0.346 e. The van der Waals surface area contributed by atoms with Crippen LogP contribution < -0.4 is 0 Å². The molecule has 0 amide bonds. The van der Waals surface area contributed by atoms with Gasteiger partial charge in [0, 0.05) is 43.8 Å². The molecule has 0 unspecified atom stereocenters. The fraction of sp³-hybridized carbons (Fsp3) is 0. The third-order valence-corrected chi connectivity index (χ3v) is 9.01. The average molecular weight is 663 g/mol. The Labute approximate surface area is 287 Å². The SMILES string of the molecule is O=C1OC(=O)c2ccccc21.c1ccc2c(c1)-c1nc-2nc2[nH]c(nc3nc(nc4[nH]c(n1)c1ccccc41)-c1ccccc1-3)c1ccccc21. The zero-order valence-corrected chi connectivity index (χ0v) is 26.5. The Hall–Kier alpha value is -7.40. The minimum Gasteiger partial charge on any atom is -0.386 e. The normalized spacial score (nSPS) is 12.5. The summed E-state index contributed by atoms with van der Waals surface area (Å²) in [6.45, 7) is 0. The Bertz CT molecular complexity index is 2610. The van der Waals surface area contributed by atoms with Crippen molar-refractivity contribution in [2.45, 2.75) is 0 Å². The highest BCUT2D eigenvalue weighted by Gasteiger charge is 2.28. The van der Waals surface area contributed by atoms with Crippen LogP contribution in [0.25, 0.3) is 89.7 Å². The predicted octanol–water partition coefficient (Wildman–Crippen LogP) is 7.87. The average Bonchev–Trinajstić information content (AvgIpc) is 3.96. The summed E-state index contributed by atoms with van der Waals surface area (Å²) in [5.74, 6) is 1.29. The standard InChI is InChI=1S/C32H18N8.C8H4O3/c1-2-10-18-17(9-1)25-33-26(18)38-28-21-13-5-6-14-22(21)30(35-28)40-32-24-16-8-7-15-23(24)31(36-32)39-29-20-12-4-3-11-19(20)27(34-29)37-25;9-7-5-3-1-2-4-6(5)8(10)11-7/h1-16H,(H2,33,34,35,36,37,38,39,40);1-4H. The van der Waals surface area contributed by atoms with Crippen LogP contribution in [0.5, 0.6) is 0 Å². The van der Waals surface area contributed by atoms with Crippen LogP contribution in [0, 0.1) is 0 Å². The van der Waals surface area contributed by atoms with Gasteiger partial charge in [0.1, 0.15) is 22.6 Å². The molecule has 5 aromatic carbocycles. The van der Waals surface area contributed by atoms with Gasteiger partial charge in [-0.1, -0.05) is 109 Å². The Kier molecular flexibility index (Phi) is 6.21. The second-order valence-electron chi connectivity index (χ2n) is 12.0. The number of fused-ring (bicyclic) bond motifs is 21. The molecule has 8 aromatic rings. The number of cyclic esters (lactones) is 2. The Morgan fingerprint density at radius 3 is 0.882 bits per heavy atom. The van der Waals surface area contributed by atoms with E-state index in [0.717, 1.165) is 43.8 Å². The number of aromatic nitrogens is 8. The molecule has 51 heavy (non-hydrogen) atoms. The van der Waals surface area contributed by atoms with E-state index in [2.05, 4.69) is 14.7 Å². The summed E-state index contributed by atoms with van der Waals surface area (Å²) >= 11 is 0. The molecule has 11 heteroatoms. The van der Waals surface area contributed by atoms with Gasteiger partial charge in [-0.15, -0.1) is 0 Å². The van der Waals surface area contributed by atoms with Crippen molar-refractivity contribution in [2.24, 2.45) is 0 Å². The van der Waals surface area contributed by atoms with Gasteiger partial charge in [-0.05, 0) is 12.1 Å². The van der Waals surface area contributed by atoms with E-state index in [9.17, 15) is 9.59 Å². The minimum absolute atomic E-state index is 0.359. The molecule has 0 saturated heterocycles. The lowest BCUT2D eigenvalue weighted by atomic mass is 10.1. The summed E-state index contributed by atoms with van der Waals surface area (Å²) < 4.78 is 4.35. The number of carbonyl (C=O) groups is 2. The monoisotopic (exact) mass is 662 g/mol. The molecule has 0 aliphatic carbocycles. The molecular weight excluding hydrogens is 640 g/mol. The number of esters is 2. The van der Waals surface area contributed by atoms with Crippen LogP contribution in [0.3, 0.4) is 0 Å². The molecule has 6 heterocycles. The lowest BCUT2D eigenvalue weighted by Crippen LogP contribution is -1.96. The van der Waals surface area contributed by atoms with Crippen molar-refractivity contribution in [3.8, 4) is 45.6 Å². The molecule has 3 aliphatic heterocycles. The molecule has 8 bridgehead atoms. The molecule has 3 aromatic heterocycles. The van der Waals surface area contributed by atoms with Crippen molar-refractivity contribution in [1.82, 2.24) is 39.9 Å². The molecule has 0 atom stereocenters. The zero-order valence-electron chi connectivity index (χ0n) is 26.5. The number of hydrogen-bond donors (Lipinski definition) is 2. The van der Waals surface area contributed by atoms with E-state index >= 15 is 0 Å². The quantitative estimate of drug-likeness (QED) is 0.122. The molecular formula is C40H22N8O3.